The first-order chi connectivity index (χ1) is 14.8. The fraction of sp³-hybridized carbons (Fsp3) is 0.261. The Morgan fingerprint density at radius 2 is 1.74 bits per heavy atom. The van der Waals surface area contributed by atoms with Crippen molar-refractivity contribution in [2.75, 3.05) is 31.6 Å². The number of likely N-dealkylation sites (N-methyl/N-ethyl adjacent to an activating group) is 1. The Morgan fingerprint density at radius 3 is 2.39 bits per heavy atom. The number of halogens is 1. The molecule has 0 aliphatic rings. The Morgan fingerprint density at radius 1 is 1.06 bits per heavy atom. The van der Waals surface area contributed by atoms with Crippen LogP contribution >= 0.6 is 15.9 Å². The fourth-order valence-electron chi connectivity index (χ4n) is 2.63. The van der Waals surface area contributed by atoms with Crippen LogP contribution in [0.3, 0.4) is 0 Å². The van der Waals surface area contributed by atoms with Gasteiger partial charge in [0.15, 0.2) is 13.2 Å². The first kappa shape index (κ1) is 24.1. The van der Waals surface area contributed by atoms with E-state index in [2.05, 4.69) is 27.8 Å². The molecule has 0 aliphatic carbocycles. The highest BCUT2D eigenvalue weighted by Gasteiger charge is 2.18. The maximum absolute atomic E-state index is 12.5. The van der Waals surface area contributed by atoms with Gasteiger partial charge in [-0.15, -0.1) is 0 Å². The monoisotopic (exact) mass is 488 g/mol. The van der Waals surface area contributed by atoms with Gasteiger partial charge in [0.25, 0.3) is 11.8 Å². The van der Waals surface area contributed by atoms with Gasteiger partial charge in [0.2, 0.25) is 0 Å². The van der Waals surface area contributed by atoms with Crippen molar-refractivity contribution in [2.45, 2.75) is 13.8 Å². The average molecular weight is 489 g/mol. The number of ether oxygens (including phenoxy) is 2. The lowest BCUT2D eigenvalue weighted by Gasteiger charge is -2.20. The Bertz CT molecular complexity index is 943. The number of rotatable bonds is 10. The molecule has 0 aliphatic heterocycles. The summed E-state index contributed by atoms with van der Waals surface area (Å²) in [4.78, 5) is 38.4. The van der Waals surface area contributed by atoms with Crippen LogP contribution in [0, 0.1) is 0 Å². The van der Waals surface area contributed by atoms with E-state index in [0.717, 1.165) is 10.0 Å². The van der Waals surface area contributed by atoms with Gasteiger partial charge in [0.05, 0.1) is 0 Å². The van der Waals surface area contributed by atoms with E-state index in [9.17, 15) is 14.4 Å². The van der Waals surface area contributed by atoms with Crippen LogP contribution in [0.4, 0.5) is 5.69 Å². The Labute approximate surface area is 190 Å². The number of anilines is 1. The Kier molecular flexibility index (Phi) is 9.27. The number of esters is 1. The molecular formula is C23H25BrN2O5. The summed E-state index contributed by atoms with van der Waals surface area (Å²) in [5.74, 6) is -1.20. The van der Waals surface area contributed by atoms with Crippen LogP contribution < -0.4 is 10.1 Å². The van der Waals surface area contributed by atoms with Crippen molar-refractivity contribution in [2.24, 2.45) is 0 Å². The molecule has 0 saturated carbocycles. The van der Waals surface area contributed by atoms with E-state index in [4.69, 9.17) is 9.47 Å². The van der Waals surface area contributed by atoms with E-state index in [1.807, 2.05) is 13.8 Å². The summed E-state index contributed by atoms with van der Waals surface area (Å²) < 4.78 is 11.6. The van der Waals surface area contributed by atoms with Crippen LogP contribution in [0.25, 0.3) is 0 Å². The first-order valence-corrected chi connectivity index (χ1v) is 10.5. The van der Waals surface area contributed by atoms with E-state index in [1.165, 1.54) is 6.07 Å². The first-order valence-electron chi connectivity index (χ1n) is 9.66. The van der Waals surface area contributed by atoms with E-state index in [1.54, 1.807) is 47.4 Å². The predicted molar refractivity (Wildman–Crippen MR) is 122 cm³/mol. The zero-order valence-electron chi connectivity index (χ0n) is 17.5. The summed E-state index contributed by atoms with van der Waals surface area (Å²) in [5.41, 5.74) is 1.59. The molecule has 0 spiro atoms. The number of hydrogen-bond acceptors (Lipinski definition) is 5. The lowest BCUT2D eigenvalue weighted by atomic mass is 10.2. The van der Waals surface area contributed by atoms with Crippen molar-refractivity contribution in [3.63, 3.8) is 0 Å². The minimum absolute atomic E-state index is 0.134. The number of nitrogens with one attached hydrogen (secondary N) is 1. The van der Waals surface area contributed by atoms with Gasteiger partial charge in [-0.3, -0.25) is 9.59 Å². The van der Waals surface area contributed by atoms with Gasteiger partial charge in [-0.05, 0) is 50.2 Å². The fourth-order valence-corrected chi connectivity index (χ4v) is 2.90. The molecule has 2 rings (SSSR count). The van der Waals surface area contributed by atoms with Gasteiger partial charge in [-0.25, -0.2) is 4.79 Å². The summed E-state index contributed by atoms with van der Waals surface area (Å²) >= 11 is 3.33. The molecule has 0 atom stereocenters. The summed E-state index contributed by atoms with van der Waals surface area (Å²) in [7, 11) is 0. The zero-order valence-corrected chi connectivity index (χ0v) is 19.1. The second-order valence-corrected chi connectivity index (χ2v) is 7.70. The summed E-state index contributed by atoms with van der Waals surface area (Å²) in [6.45, 7) is 7.66. The number of carbonyl (C=O) groups excluding carboxylic acids is 3. The maximum Gasteiger partial charge on any atom is 0.342 e. The minimum atomic E-state index is -0.705. The van der Waals surface area contributed by atoms with Gasteiger partial charge >= 0.3 is 5.97 Å². The predicted octanol–water partition coefficient (Wildman–Crippen LogP) is 4.05. The Balaban J connectivity index is 1.93. The molecule has 0 aromatic heterocycles. The van der Waals surface area contributed by atoms with Crippen LogP contribution in [0.1, 0.15) is 24.2 Å². The van der Waals surface area contributed by atoms with Gasteiger partial charge in [-0.2, -0.15) is 0 Å². The molecule has 2 aromatic carbocycles. The van der Waals surface area contributed by atoms with Crippen molar-refractivity contribution >= 4 is 39.4 Å². The molecule has 2 amide bonds. The summed E-state index contributed by atoms with van der Waals surface area (Å²) in [6.07, 6.45) is 0. The minimum Gasteiger partial charge on any atom is -0.483 e. The van der Waals surface area contributed by atoms with Gasteiger partial charge in [0.1, 0.15) is 11.3 Å². The van der Waals surface area contributed by atoms with Crippen LogP contribution in [0.15, 0.2) is 65.2 Å². The molecule has 0 heterocycles. The van der Waals surface area contributed by atoms with Crippen molar-refractivity contribution in [3.8, 4) is 5.75 Å². The van der Waals surface area contributed by atoms with Crippen LogP contribution in [-0.4, -0.2) is 49.0 Å². The smallest absolute Gasteiger partial charge is 0.342 e. The maximum atomic E-state index is 12.5. The van der Waals surface area contributed by atoms with Crippen LogP contribution in [0.5, 0.6) is 5.75 Å². The Hall–Kier alpha value is -3.13. The van der Waals surface area contributed by atoms with Gasteiger partial charge in [-0.1, -0.05) is 40.2 Å². The third-order valence-corrected chi connectivity index (χ3v) is 4.64. The summed E-state index contributed by atoms with van der Waals surface area (Å²) in [6, 6.07) is 13.5. The molecule has 7 nitrogen and oxygen atoms in total. The van der Waals surface area contributed by atoms with Crippen molar-refractivity contribution in [3.05, 3.63) is 70.7 Å². The topological polar surface area (TPSA) is 84.9 Å². The molecule has 31 heavy (non-hydrogen) atoms. The molecule has 164 valence electrons. The molecular weight excluding hydrogens is 464 g/mol. The second kappa shape index (κ2) is 11.9. The highest BCUT2D eigenvalue weighted by atomic mass is 79.9. The SMILES string of the molecule is C=C(C)CN(CC)C(=O)COC(=O)c1ccccc1OCC(=O)Nc1ccc(Br)cc1. The van der Waals surface area contributed by atoms with Crippen LogP contribution in [0.2, 0.25) is 0 Å². The van der Waals surface area contributed by atoms with E-state index >= 15 is 0 Å². The highest BCUT2D eigenvalue weighted by molar-refractivity contribution is 9.10. The third-order valence-electron chi connectivity index (χ3n) is 4.12. The summed E-state index contributed by atoms with van der Waals surface area (Å²) in [5, 5.41) is 2.70. The normalized spacial score (nSPS) is 10.2. The number of carbonyl (C=O) groups is 3. The van der Waals surface area contributed by atoms with Crippen LogP contribution in [-0.2, 0) is 14.3 Å². The van der Waals surface area contributed by atoms with Crippen molar-refractivity contribution < 1.29 is 23.9 Å². The number of nitrogens with zero attached hydrogens (tertiary/aromatic N) is 1. The second-order valence-electron chi connectivity index (χ2n) is 6.78. The molecule has 2 aromatic rings. The molecule has 0 radical (unpaired) electrons. The lowest BCUT2D eigenvalue weighted by Crippen LogP contribution is -2.35. The number of para-hydroxylation sites is 1. The standard InChI is InChI=1S/C23H25BrN2O5/c1-4-26(13-16(2)3)22(28)15-31-23(29)19-7-5-6-8-20(19)30-14-21(27)25-18-11-9-17(24)10-12-18/h5-12H,2,4,13-15H2,1,3H3,(H,25,27). The molecule has 1 N–H and O–H groups in total. The van der Waals surface area contributed by atoms with Gasteiger partial charge < -0.3 is 19.7 Å². The van der Waals surface area contributed by atoms with Gasteiger partial charge in [0, 0.05) is 23.2 Å². The van der Waals surface area contributed by atoms with E-state index in [0.29, 0.717) is 18.8 Å². The van der Waals surface area contributed by atoms with Crippen molar-refractivity contribution in [1.82, 2.24) is 4.90 Å². The third kappa shape index (κ3) is 7.90. The molecule has 0 unspecified atom stereocenters. The average Bonchev–Trinajstić information content (AvgIpc) is 2.75. The molecule has 0 bridgehead atoms. The number of benzene rings is 2. The van der Waals surface area contributed by atoms with Crippen molar-refractivity contribution in [1.29, 1.82) is 0 Å². The van der Waals surface area contributed by atoms with E-state index < -0.39 is 12.6 Å². The molecule has 8 heteroatoms. The molecule has 0 saturated heterocycles. The highest BCUT2D eigenvalue weighted by Crippen LogP contribution is 2.19. The lowest BCUT2D eigenvalue weighted by molar-refractivity contribution is -0.133. The molecule has 0 fully saturated rings. The van der Waals surface area contributed by atoms with E-state index in [-0.39, 0.29) is 29.7 Å². The number of hydrogen-bond donors (Lipinski definition) is 1. The zero-order chi connectivity index (χ0) is 22.8. The largest absolute Gasteiger partial charge is 0.483 e. The quantitative estimate of drug-likeness (QED) is 0.402. The number of amides is 2.